The van der Waals surface area contributed by atoms with Crippen LogP contribution in [0.2, 0.25) is 0 Å². The Morgan fingerprint density at radius 3 is 3.00 bits per heavy atom. The third kappa shape index (κ3) is 2.23. The van der Waals surface area contributed by atoms with Gasteiger partial charge in [-0.15, -0.1) is 11.3 Å². The quantitative estimate of drug-likeness (QED) is 0.931. The molecule has 0 aromatic carbocycles. The summed E-state index contributed by atoms with van der Waals surface area (Å²) in [6, 6.07) is 2.11. The molecule has 3 nitrogen and oxygen atoms in total. The normalized spacial score (nSPS) is 10.7. The summed E-state index contributed by atoms with van der Waals surface area (Å²) in [6.45, 7) is 1.37. The van der Waals surface area contributed by atoms with Crippen molar-refractivity contribution >= 4 is 27.3 Å². The highest BCUT2D eigenvalue weighted by Gasteiger charge is 2.00. The van der Waals surface area contributed by atoms with Crippen LogP contribution in [0.4, 0.5) is 0 Å². The van der Waals surface area contributed by atoms with Crippen LogP contribution in [-0.2, 0) is 13.1 Å². The van der Waals surface area contributed by atoms with Gasteiger partial charge >= 0.3 is 0 Å². The minimum atomic E-state index is 0.550. The molecule has 14 heavy (non-hydrogen) atoms. The largest absolute Gasteiger partial charge is 0.326 e. The van der Waals surface area contributed by atoms with Crippen LogP contribution in [0.25, 0.3) is 0 Å². The molecule has 0 amide bonds. The highest BCUT2D eigenvalue weighted by molar-refractivity contribution is 9.10. The minimum Gasteiger partial charge on any atom is -0.326 e. The molecule has 0 aliphatic carbocycles. The van der Waals surface area contributed by atoms with Crippen molar-refractivity contribution in [3.63, 3.8) is 0 Å². The lowest BCUT2D eigenvalue weighted by Gasteiger charge is -1.96. The van der Waals surface area contributed by atoms with E-state index >= 15 is 0 Å². The number of nitrogens with zero attached hydrogens (tertiary/aromatic N) is 2. The summed E-state index contributed by atoms with van der Waals surface area (Å²) in [5, 5.41) is 6.29. The van der Waals surface area contributed by atoms with Gasteiger partial charge in [-0.2, -0.15) is 5.10 Å². The van der Waals surface area contributed by atoms with Gasteiger partial charge in [0.1, 0.15) is 0 Å². The summed E-state index contributed by atoms with van der Waals surface area (Å²) in [6.07, 6.45) is 3.79. The maximum atomic E-state index is 5.50. The van der Waals surface area contributed by atoms with Crippen molar-refractivity contribution in [1.82, 2.24) is 9.78 Å². The number of thiophene rings is 1. The van der Waals surface area contributed by atoms with E-state index in [1.165, 1.54) is 4.88 Å². The van der Waals surface area contributed by atoms with Crippen LogP contribution >= 0.6 is 27.3 Å². The van der Waals surface area contributed by atoms with Crippen molar-refractivity contribution in [2.75, 3.05) is 0 Å². The minimum absolute atomic E-state index is 0.550. The first kappa shape index (κ1) is 9.89. The molecule has 0 atom stereocenters. The van der Waals surface area contributed by atoms with E-state index in [0.29, 0.717) is 6.54 Å². The maximum Gasteiger partial charge on any atom is 0.0752 e. The monoisotopic (exact) mass is 271 g/mol. The highest BCUT2D eigenvalue weighted by atomic mass is 79.9. The van der Waals surface area contributed by atoms with E-state index < -0.39 is 0 Å². The topological polar surface area (TPSA) is 43.8 Å². The van der Waals surface area contributed by atoms with E-state index in [1.54, 1.807) is 11.3 Å². The van der Waals surface area contributed by atoms with Crippen LogP contribution < -0.4 is 5.73 Å². The molecule has 0 saturated heterocycles. The fraction of sp³-hybridized carbons (Fsp3) is 0.222. The van der Waals surface area contributed by atoms with Crippen molar-refractivity contribution in [1.29, 1.82) is 0 Å². The molecular formula is C9H10BrN3S. The second kappa shape index (κ2) is 4.25. The second-order valence-electron chi connectivity index (χ2n) is 2.98. The van der Waals surface area contributed by atoms with Crippen molar-refractivity contribution < 1.29 is 0 Å². The molecule has 0 aliphatic rings. The van der Waals surface area contributed by atoms with Gasteiger partial charge in [0.05, 0.1) is 12.7 Å². The molecule has 0 saturated carbocycles. The number of aromatic nitrogens is 2. The second-order valence-corrected chi connectivity index (χ2v) is 4.89. The molecule has 0 aliphatic heterocycles. The Kier molecular flexibility index (Phi) is 3.00. The molecule has 2 heterocycles. The number of nitrogens with two attached hydrogens (primary N) is 1. The molecule has 2 N–H and O–H groups in total. The molecule has 74 valence electrons. The number of rotatable bonds is 3. The van der Waals surface area contributed by atoms with Gasteiger partial charge in [0, 0.05) is 33.0 Å². The molecule has 0 spiro atoms. The van der Waals surface area contributed by atoms with E-state index in [-0.39, 0.29) is 0 Å². The fourth-order valence-corrected chi connectivity index (χ4v) is 2.64. The van der Waals surface area contributed by atoms with E-state index in [9.17, 15) is 0 Å². The molecular weight excluding hydrogens is 262 g/mol. The Labute approximate surface area is 94.7 Å². The van der Waals surface area contributed by atoms with Gasteiger partial charge in [-0.3, -0.25) is 4.68 Å². The first-order valence-electron chi connectivity index (χ1n) is 4.22. The lowest BCUT2D eigenvalue weighted by molar-refractivity contribution is 0.694. The highest BCUT2D eigenvalue weighted by Crippen LogP contribution is 2.20. The molecule has 2 aromatic heterocycles. The molecule has 2 aromatic rings. The smallest absolute Gasteiger partial charge is 0.0752 e. The van der Waals surface area contributed by atoms with Gasteiger partial charge in [-0.25, -0.2) is 0 Å². The Morgan fingerprint density at radius 2 is 2.43 bits per heavy atom. The van der Waals surface area contributed by atoms with Crippen molar-refractivity contribution in [3.8, 4) is 0 Å². The molecule has 5 heteroatoms. The van der Waals surface area contributed by atoms with Crippen LogP contribution in [-0.4, -0.2) is 9.78 Å². The van der Waals surface area contributed by atoms with E-state index in [0.717, 1.165) is 16.6 Å². The van der Waals surface area contributed by atoms with Gasteiger partial charge < -0.3 is 5.73 Å². The van der Waals surface area contributed by atoms with E-state index in [4.69, 9.17) is 5.73 Å². The average molecular weight is 272 g/mol. The lowest BCUT2D eigenvalue weighted by atomic mass is 10.4. The fourth-order valence-electron chi connectivity index (χ4n) is 1.19. The van der Waals surface area contributed by atoms with Crippen molar-refractivity contribution in [2.45, 2.75) is 13.1 Å². The average Bonchev–Trinajstić information content (AvgIpc) is 2.76. The van der Waals surface area contributed by atoms with Crippen LogP contribution in [0.15, 0.2) is 28.3 Å². The van der Waals surface area contributed by atoms with Crippen LogP contribution in [0, 0.1) is 0 Å². The van der Waals surface area contributed by atoms with Gasteiger partial charge in [-0.1, -0.05) is 0 Å². The van der Waals surface area contributed by atoms with Crippen molar-refractivity contribution in [2.24, 2.45) is 5.73 Å². The maximum absolute atomic E-state index is 5.50. The van der Waals surface area contributed by atoms with Crippen molar-refractivity contribution in [3.05, 3.63) is 38.8 Å². The number of hydrogen-bond acceptors (Lipinski definition) is 3. The Balaban J connectivity index is 2.10. The first-order valence-corrected chi connectivity index (χ1v) is 5.89. The summed E-state index contributed by atoms with van der Waals surface area (Å²) < 4.78 is 3.03. The number of hydrogen-bond donors (Lipinski definition) is 1. The van der Waals surface area contributed by atoms with Crippen LogP contribution in [0.1, 0.15) is 10.4 Å². The molecule has 0 radical (unpaired) electrons. The summed E-state index contributed by atoms with van der Waals surface area (Å²) in [5.41, 5.74) is 6.57. The number of halogens is 1. The van der Waals surface area contributed by atoms with Gasteiger partial charge in [0.2, 0.25) is 0 Å². The zero-order chi connectivity index (χ0) is 9.97. The van der Waals surface area contributed by atoms with E-state index in [1.807, 2.05) is 17.1 Å². The molecule has 0 bridgehead atoms. The summed E-state index contributed by atoms with van der Waals surface area (Å²) in [4.78, 5) is 1.28. The standard InChI is InChI=1S/C9H10BrN3S/c10-8-1-9(14-6-8)5-13-4-7(2-11)3-12-13/h1,3-4,6H,2,5,11H2. The summed E-state index contributed by atoms with van der Waals surface area (Å²) >= 11 is 5.15. The Hall–Kier alpha value is -0.650. The van der Waals surface area contributed by atoms with Gasteiger partial charge in [-0.05, 0) is 22.0 Å². The molecule has 0 fully saturated rings. The molecule has 2 rings (SSSR count). The third-order valence-corrected chi connectivity index (χ3v) is 3.54. The van der Waals surface area contributed by atoms with Gasteiger partial charge in [0.25, 0.3) is 0 Å². The predicted molar refractivity (Wildman–Crippen MR) is 61.2 cm³/mol. The van der Waals surface area contributed by atoms with Gasteiger partial charge in [0.15, 0.2) is 0 Å². The van der Waals surface area contributed by atoms with E-state index in [2.05, 4.69) is 32.5 Å². The molecule has 0 unspecified atom stereocenters. The predicted octanol–water partition coefficient (Wildman–Crippen LogP) is 2.21. The SMILES string of the molecule is NCc1cnn(Cc2cc(Br)cs2)c1. The van der Waals surface area contributed by atoms with Crippen LogP contribution in [0.3, 0.4) is 0 Å². The Morgan fingerprint density at radius 1 is 1.57 bits per heavy atom. The summed E-state index contributed by atoms with van der Waals surface area (Å²) in [5.74, 6) is 0. The summed E-state index contributed by atoms with van der Waals surface area (Å²) in [7, 11) is 0. The third-order valence-electron chi connectivity index (χ3n) is 1.86. The zero-order valence-electron chi connectivity index (χ0n) is 7.48. The van der Waals surface area contributed by atoms with Crippen LogP contribution in [0.5, 0.6) is 0 Å². The zero-order valence-corrected chi connectivity index (χ0v) is 9.88. The lowest BCUT2D eigenvalue weighted by Crippen LogP contribution is -1.98. The Bertz CT molecular complexity index is 421. The first-order chi connectivity index (χ1) is 6.78.